The smallest absolute Gasteiger partial charge is 0.0954 e. The molecule has 0 bridgehead atoms. The molecule has 1 fully saturated rings. The van der Waals surface area contributed by atoms with E-state index in [9.17, 15) is 0 Å². The molecule has 0 N–H and O–H groups in total. The summed E-state index contributed by atoms with van der Waals surface area (Å²) >= 11 is 0. The summed E-state index contributed by atoms with van der Waals surface area (Å²) in [6.45, 7) is 4.20. The van der Waals surface area contributed by atoms with Crippen LogP contribution in [0.3, 0.4) is 0 Å². The zero-order valence-electron chi connectivity index (χ0n) is 6.46. The van der Waals surface area contributed by atoms with E-state index in [0.29, 0.717) is 0 Å². The first-order valence-electron chi connectivity index (χ1n) is 3.79. The molecule has 1 aliphatic carbocycles. The zero-order chi connectivity index (χ0) is 7.14. The lowest BCUT2D eigenvalue weighted by Gasteiger charge is -1.99. The minimum absolute atomic E-state index is 0.779. The first kappa shape index (κ1) is 5.96. The third-order valence-electron chi connectivity index (χ3n) is 2.23. The average Bonchev–Trinajstić information content (AvgIpc) is 2.67. The molecule has 0 amide bonds. The third kappa shape index (κ3) is 0.753. The number of aromatic nitrogens is 2. The summed E-state index contributed by atoms with van der Waals surface area (Å²) in [4.78, 5) is 4.24. The SMILES string of the molecule is Cc1ncn(C2CC2)c1C. The predicted molar refractivity (Wildman–Crippen MR) is 40.0 cm³/mol. The van der Waals surface area contributed by atoms with E-state index < -0.39 is 0 Å². The second kappa shape index (κ2) is 1.84. The zero-order valence-corrected chi connectivity index (χ0v) is 6.46. The van der Waals surface area contributed by atoms with Crippen LogP contribution in [-0.2, 0) is 0 Å². The molecule has 2 nitrogen and oxygen atoms in total. The van der Waals surface area contributed by atoms with Gasteiger partial charge >= 0.3 is 0 Å². The Hall–Kier alpha value is -0.790. The van der Waals surface area contributed by atoms with Gasteiger partial charge in [0.1, 0.15) is 0 Å². The van der Waals surface area contributed by atoms with E-state index >= 15 is 0 Å². The van der Waals surface area contributed by atoms with Crippen LogP contribution in [0.2, 0.25) is 0 Å². The van der Waals surface area contributed by atoms with Crippen molar-refractivity contribution in [3.63, 3.8) is 0 Å². The lowest BCUT2D eigenvalue weighted by molar-refractivity contribution is 0.716. The van der Waals surface area contributed by atoms with E-state index in [1.807, 2.05) is 6.33 Å². The Morgan fingerprint density at radius 2 is 2.20 bits per heavy atom. The highest BCUT2D eigenvalue weighted by atomic mass is 15.1. The molecule has 0 saturated heterocycles. The molecule has 1 aliphatic rings. The molecule has 0 aliphatic heterocycles. The van der Waals surface area contributed by atoms with Crippen molar-refractivity contribution in [1.82, 2.24) is 9.55 Å². The van der Waals surface area contributed by atoms with Crippen molar-refractivity contribution < 1.29 is 0 Å². The van der Waals surface area contributed by atoms with Crippen LogP contribution in [0.25, 0.3) is 0 Å². The van der Waals surface area contributed by atoms with Gasteiger partial charge in [-0.15, -0.1) is 0 Å². The van der Waals surface area contributed by atoms with E-state index in [2.05, 4.69) is 23.4 Å². The summed E-state index contributed by atoms with van der Waals surface area (Å²) in [7, 11) is 0. The molecule has 0 aromatic carbocycles. The Morgan fingerprint density at radius 1 is 1.50 bits per heavy atom. The van der Waals surface area contributed by atoms with Gasteiger partial charge in [0, 0.05) is 11.7 Å². The quantitative estimate of drug-likeness (QED) is 0.576. The van der Waals surface area contributed by atoms with E-state index in [1.54, 1.807) is 0 Å². The fourth-order valence-electron chi connectivity index (χ4n) is 1.24. The van der Waals surface area contributed by atoms with Crippen LogP contribution in [0.1, 0.15) is 30.3 Å². The van der Waals surface area contributed by atoms with Gasteiger partial charge in [-0.3, -0.25) is 0 Å². The Balaban J connectivity index is 2.40. The van der Waals surface area contributed by atoms with Crippen molar-refractivity contribution in [3.05, 3.63) is 17.7 Å². The topological polar surface area (TPSA) is 17.8 Å². The van der Waals surface area contributed by atoms with Gasteiger partial charge in [0.25, 0.3) is 0 Å². The summed E-state index contributed by atoms with van der Waals surface area (Å²) in [5.74, 6) is 0. The summed E-state index contributed by atoms with van der Waals surface area (Å²) in [5, 5.41) is 0. The molecule has 10 heavy (non-hydrogen) atoms. The Labute approximate surface area is 60.9 Å². The second-order valence-electron chi connectivity index (χ2n) is 3.05. The Morgan fingerprint density at radius 3 is 2.60 bits per heavy atom. The van der Waals surface area contributed by atoms with Crippen molar-refractivity contribution in [2.75, 3.05) is 0 Å². The highest BCUT2D eigenvalue weighted by Gasteiger charge is 2.24. The fourth-order valence-corrected chi connectivity index (χ4v) is 1.24. The number of hydrogen-bond acceptors (Lipinski definition) is 1. The molecule has 2 rings (SSSR count). The number of hydrogen-bond donors (Lipinski definition) is 0. The number of aryl methyl sites for hydroxylation is 1. The number of rotatable bonds is 1. The van der Waals surface area contributed by atoms with Crippen molar-refractivity contribution in [3.8, 4) is 0 Å². The molecule has 1 aromatic heterocycles. The Kier molecular flexibility index (Phi) is 1.10. The van der Waals surface area contributed by atoms with E-state index in [0.717, 1.165) is 6.04 Å². The molecular formula is C8H12N2. The van der Waals surface area contributed by atoms with E-state index in [1.165, 1.54) is 24.2 Å². The third-order valence-corrected chi connectivity index (χ3v) is 2.23. The van der Waals surface area contributed by atoms with Crippen LogP contribution in [-0.4, -0.2) is 9.55 Å². The van der Waals surface area contributed by atoms with Gasteiger partial charge in [0.2, 0.25) is 0 Å². The van der Waals surface area contributed by atoms with Crippen molar-refractivity contribution in [2.24, 2.45) is 0 Å². The second-order valence-corrected chi connectivity index (χ2v) is 3.05. The summed E-state index contributed by atoms with van der Waals surface area (Å²) < 4.78 is 2.29. The first-order valence-corrected chi connectivity index (χ1v) is 3.79. The van der Waals surface area contributed by atoms with Crippen LogP contribution < -0.4 is 0 Å². The molecule has 54 valence electrons. The van der Waals surface area contributed by atoms with Gasteiger partial charge in [0.15, 0.2) is 0 Å². The summed E-state index contributed by atoms with van der Waals surface area (Å²) in [6, 6.07) is 0.779. The van der Waals surface area contributed by atoms with Gasteiger partial charge < -0.3 is 4.57 Å². The predicted octanol–water partition coefficient (Wildman–Crippen LogP) is 1.83. The highest BCUT2D eigenvalue weighted by Crippen LogP contribution is 2.35. The average molecular weight is 136 g/mol. The van der Waals surface area contributed by atoms with Gasteiger partial charge in [-0.1, -0.05) is 0 Å². The first-order chi connectivity index (χ1) is 4.79. The molecule has 1 saturated carbocycles. The molecule has 1 aromatic rings. The fraction of sp³-hybridized carbons (Fsp3) is 0.625. The van der Waals surface area contributed by atoms with Crippen LogP contribution in [0.5, 0.6) is 0 Å². The molecular weight excluding hydrogens is 124 g/mol. The van der Waals surface area contributed by atoms with Crippen LogP contribution in [0.15, 0.2) is 6.33 Å². The largest absolute Gasteiger partial charge is 0.332 e. The van der Waals surface area contributed by atoms with Gasteiger partial charge in [0.05, 0.1) is 12.0 Å². The van der Waals surface area contributed by atoms with E-state index in [4.69, 9.17) is 0 Å². The summed E-state index contributed by atoms with van der Waals surface area (Å²) in [6.07, 6.45) is 4.65. The lowest BCUT2D eigenvalue weighted by atomic mass is 10.4. The lowest BCUT2D eigenvalue weighted by Crippen LogP contribution is -1.93. The molecule has 2 heteroatoms. The normalized spacial score (nSPS) is 17.8. The molecule has 0 atom stereocenters. The van der Waals surface area contributed by atoms with Crippen molar-refractivity contribution in [1.29, 1.82) is 0 Å². The molecule has 0 spiro atoms. The van der Waals surface area contributed by atoms with Gasteiger partial charge in [-0.2, -0.15) is 0 Å². The van der Waals surface area contributed by atoms with Crippen LogP contribution in [0, 0.1) is 13.8 Å². The summed E-state index contributed by atoms with van der Waals surface area (Å²) in [5.41, 5.74) is 2.51. The maximum atomic E-state index is 4.24. The number of imidazole rings is 1. The maximum Gasteiger partial charge on any atom is 0.0954 e. The van der Waals surface area contributed by atoms with Crippen LogP contribution in [0.4, 0.5) is 0 Å². The van der Waals surface area contributed by atoms with Crippen molar-refractivity contribution >= 4 is 0 Å². The number of nitrogens with zero attached hydrogens (tertiary/aromatic N) is 2. The minimum atomic E-state index is 0.779. The Bertz CT molecular complexity index is 246. The standard InChI is InChI=1S/C8H12N2/c1-6-7(2)10(5-9-6)8-3-4-8/h5,8H,3-4H2,1-2H3. The molecule has 1 heterocycles. The van der Waals surface area contributed by atoms with E-state index in [-0.39, 0.29) is 0 Å². The monoisotopic (exact) mass is 136 g/mol. The maximum absolute atomic E-state index is 4.24. The van der Waals surface area contributed by atoms with Gasteiger partial charge in [-0.05, 0) is 26.7 Å². The molecule has 0 unspecified atom stereocenters. The van der Waals surface area contributed by atoms with Crippen molar-refractivity contribution in [2.45, 2.75) is 32.7 Å². The molecule has 0 radical (unpaired) electrons. The van der Waals surface area contributed by atoms with Gasteiger partial charge in [-0.25, -0.2) is 4.98 Å². The van der Waals surface area contributed by atoms with Crippen LogP contribution >= 0.6 is 0 Å². The minimum Gasteiger partial charge on any atom is -0.332 e. The highest BCUT2D eigenvalue weighted by molar-refractivity contribution is 5.11.